The Hall–Kier alpha value is -0.0400. The van der Waals surface area contributed by atoms with Crippen LogP contribution in [0.5, 0.6) is 0 Å². The molecule has 0 unspecified atom stereocenters. The number of hydrogen-bond acceptors (Lipinski definition) is 1. The lowest BCUT2D eigenvalue weighted by atomic mass is 9.85. The first-order valence-electron chi connectivity index (χ1n) is 6.56. The molecule has 2 aliphatic carbocycles. The van der Waals surface area contributed by atoms with E-state index in [2.05, 4.69) is 18.7 Å². The molecule has 0 aromatic rings. The third kappa shape index (κ3) is 2.13. The lowest BCUT2D eigenvalue weighted by Crippen LogP contribution is -2.50. The van der Waals surface area contributed by atoms with Gasteiger partial charge >= 0.3 is 0 Å². The second kappa shape index (κ2) is 4.65. The molecule has 2 rings (SSSR count). The molecule has 0 radical (unpaired) electrons. The highest BCUT2D eigenvalue weighted by Crippen LogP contribution is 2.33. The van der Waals surface area contributed by atoms with Crippen LogP contribution in [0, 0.1) is 0 Å². The van der Waals surface area contributed by atoms with Crippen LogP contribution in [0.4, 0.5) is 0 Å². The highest BCUT2D eigenvalue weighted by atomic mass is 15.2. The molecule has 14 heavy (non-hydrogen) atoms. The van der Waals surface area contributed by atoms with Crippen molar-refractivity contribution in [3.8, 4) is 0 Å². The summed E-state index contributed by atoms with van der Waals surface area (Å²) in [4.78, 5) is 2.84. The first-order valence-corrected chi connectivity index (χ1v) is 6.56. The van der Waals surface area contributed by atoms with E-state index in [4.69, 9.17) is 0 Å². The van der Waals surface area contributed by atoms with E-state index in [1.807, 2.05) is 0 Å². The van der Waals surface area contributed by atoms with E-state index in [1.54, 1.807) is 0 Å². The van der Waals surface area contributed by atoms with Crippen LogP contribution in [0.25, 0.3) is 0 Å². The quantitative estimate of drug-likeness (QED) is 0.665. The van der Waals surface area contributed by atoms with Crippen molar-refractivity contribution >= 4 is 0 Å². The van der Waals surface area contributed by atoms with Gasteiger partial charge in [0.2, 0.25) is 0 Å². The molecule has 0 atom stereocenters. The van der Waals surface area contributed by atoms with Crippen molar-refractivity contribution in [3.05, 3.63) is 0 Å². The van der Waals surface area contributed by atoms with Gasteiger partial charge in [-0.15, -0.1) is 0 Å². The molecule has 0 N–H and O–H groups in total. The Morgan fingerprint density at radius 2 is 1.29 bits per heavy atom. The molecule has 0 bridgehead atoms. The van der Waals surface area contributed by atoms with E-state index < -0.39 is 0 Å². The molecule has 0 saturated heterocycles. The number of hydrogen-bond donors (Lipinski definition) is 0. The number of nitrogens with zero attached hydrogens (tertiary/aromatic N) is 1. The van der Waals surface area contributed by atoms with Gasteiger partial charge in [0.25, 0.3) is 0 Å². The molecule has 0 amide bonds. The molecule has 1 heteroatoms. The van der Waals surface area contributed by atoms with Crippen molar-refractivity contribution in [1.29, 1.82) is 0 Å². The summed E-state index contributed by atoms with van der Waals surface area (Å²) < 4.78 is 0. The van der Waals surface area contributed by atoms with E-state index in [0.717, 1.165) is 18.1 Å². The van der Waals surface area contributed by atoms with Gasteiger partial charge in [0.05, 0.1) is 0 Å². The van der Waals surface area contributed by atoms with E-state index >= 15 is 0 Å². The van der Waals surface area contributed by atoms with Crippen molar-refractivity contribution in [2.45, 2.75) is 83.3 Å². The third-order valence-corrected chi connectivity index (χ3v) is 4.09. The molecule has 2 aliphatic rings. The SMILES string of the molecule is CC(C)N(C1CCCCC1)C1CCC1. The van der Waals surface area contributed by atoms with E-state index in [0.29, 0.717) is 0 Å². The summed E-state index contributed by atoms with van der Waals surface area (Å²) in [5.74, 6) is 0. The van der Waals surface area contributed by atoms with E-state index in [1.165, 1.54) is 51.4 Å². The van der Waals surface area contributed by atoms with Crippen LogP contribution in [0.15, 0.2) is 0 Å². The van der Waals surface area contributed by atoms with Crippen molar-refractivity contribution < 1.29 is 0 Å². The van der Waals surface area contributed by atoms with Gasteiger partial charge in [-0.1, -0.05) is 25.7 Å². The second-order valence-electron chi connectivity index (χ2n) is 5.42. The summed E-state index contributed by atoms with van der Waals surface area (Å²) in [5, 5.41) is 0. The van der Waals surface area contributed by atoms with E-state index in [-0.39, 0.29) is 0 Å². The Balaban J connectivity index is 1.93. The minimum Gasteiger partial charge on any atom is -0.295 e. The molecular formula is C13H25N. The van der Waals surface area contributed by atoms with E-state index in [9.17, 15) is 0 Å². The maximum atomic E-state index is 2.84. The lowest BCUT2D eigenvalue weighted by Gasteiger charge is -2.46. The normalized spacial score (nSPS) is 25.7. The van der Waals surface area contributed by atoms with Crippen LogP contribution in [0.2, 0.25) is 0 Å². The van der Waals surface area contributed by atoms with Gasteiger partial charge in [0.15, 0.2) is 0 Å². The Morgan fingerprint density at radius 1 is 0.786 bits per heavy atom. The zero-order valence-electron chi connectivity index (χ0n) is 9.84. The Kier molecular flexibility index (Phi) is 3.48. The molecule has 0 spiro atoms. The van der Waals surface area contributed by atoms with Gasteiger partial charge in [-0.2, -0.15) is 0 Å². The molecular weight excluding hydrogens is 170 g/mol. The maximum absolute atomic E-state index is 2.84. The molecule has 1 nitrogen and oxygen atoms in total. The summed E-state index contributed by atoms with van der Waals surface area (Å²) in [7, 11) is 0. The summed E-state index contributed by atoms with van der Waals surface area (Å²) in [6.45, 7) is 4.76. The molecule has 2 saturated carbocycles. The van der Waals surface area contributed by atoms with Gasteiger partial charge in [-0.05, 0) is 39.5 Å². The zero-order chi connectivity index (χ0) is 9.97. The second-order valence-corrected chi connectivity index (χ2v) is 5.42. The highest BCUT2D eigenvalue weighted by Gasteiger charge is 2.32. The summed E-state index contributed by atoms with van der Waals surface area (Å²) in [5.41, 5.74) is 0. The summed E-state index contributed by atoms with van der Waals surface area (Å²) in [6, 6.07) is 2.63. The standard InChI is InChI=1S/C13H25N/c1-11(2)14(13-9-6-10-13)12-7-4-3-5-8-12/h11-13H,3-10H2,1-2H3. The molecule has 0 aromatic heterocycles. The largest absolute Gasteiger partial charge is 0.295 e. The van der Waals surface area contributed by atoms with Crippen molar-refractivity contribution in [2.24, 2.45) is 0 Å². The highest BCUT2D eigenvalue weighted by molar-refractivity contribution is 4.88. The van der Waals surface area contributed by atoms with Gasteiger partial charge in [0.1, 0.15) is 0 Å². The van der Waals surface area contributed by atoms with Crippen LogP contribution >= 0.6 is 0 Å². The summed E-state index contributed by atoms with van der Waals surface area (Å²) in [6.07, 6.45) is 11.8. The van der Waals surface area contributed by atoms with Gasteiger partial charge < -0.3 is 0 Å². The van der Waals surface area contributed by atoms with Crippen LogP contribution in [-0.2, 0) is 0 Å². The first-order chi connectivity index (χ1) is 6.79. The van der Waals surface area contributed by atoms with Gasteiger partial charge in [-0.25, -0.2) is 0 Å². The van der Waals surface area contributed by atoms with Crippen LogP contribution in [0.1, 0.15) is 65.2 Å². The minimum absolute atomic E-state index is 0.767. The van der Waals surface area contributed by atoms with Crippen LogP contribution in [0.3, 0.4) is 0 Å². The molecule has 0 heterocycles. The van der Waals surface area contributed by atoms with Crippen LogP contribution < -0.4 is 0 Å². The molecule has 0 aliphatic heterocycles. The zero-order valence-corrected chi connectivity index (χ0v) is 9.84. The lowest BCUT2D eigenvalue weighted by molar-refractivity contribution is 0.0318. The minimum atomic E-state index is 0.767. The van der Waals surface area contributed by atoms with Gasteiger partial charge in [-0.3, -0.25) is 4.90 Å². The van der Waals surface area contributed by atoms with Crippen LogP contribution in [-0.4, -0.2) is 23.0 Å². The first kappa shape index (κ1) is 10.5. The Bertz CT molecular complexity index is 166. The Labute approximate surface area is 88.9 Å². The maximum Gasteiger partial charge on any atom is 0.0101 e. The number of rotatable bonds is 3. The predicted octanol–water partition coefficient (Wildman–Crippen LogP) is 3.58. The fraction of sp³-hybridized carbons (Fsp3) is 1.00. The molecule has 0 aromatic carbocycles. The fourth-order valence-corrected chi connectivity index (χ4v) is 3.21. The molecule has 2 fully saturated rings. The smallest absolute Gasteiger partial charge is 0.0101 e. The fourth-order valence-electron chi connectivity index (χ4n) is 3.21. The topological polar surface area (TPSA) is 3.24 Å². The van der Waals surface area contributed by atoms with Gasteiger partial charge in [0, 0.05) is 18.1 Å². The third-order valence-electron chi connectivity index (χ3n) is 4.09. The molecule has 82 valence electrons. The van der Waals surface area contributed by atoms with Crippen molar-refractivity contribution in [2.75, 3.05) is 0 Å². The predicted molar refractivity (Wildman–Crippen MR) is 61.5 cm³/mol. The average molecular weight is 195 g/mol. The monoisotopic (exact) mass is 195 g/mol. The summed E-state index contributed by atoms with van der Waals surface area (Å²) >= 11 is 0. The van der Waals surface area contributed by atoms with Crippen molar-refractivity contribution in [3.63, 3.8) is 0 Å². The Morgan fingerprint density at radius 3 is 1.64 bits per heavy atom. The average Bonchev–Trinajstić information content (AvgIpc) is 2.12. The van der Waals surface area contributed by atoms with Crippen molar-refractivity contribution in [1.82, 2.24) is 4.90 Å².